The van der Waals surface area contributed by atoms with Crippen LogP contribution in [0.1, 0.15) is 29.9 Å². The van der Waals surface area contributed by atoms with E-state index in [1.807, 2.05) is 26.0 Å². The van der Waals surface area contributed by atoms with E-state index in [0.29, 0.717) is 17.3 Å². The van der Waals surface area contributed by atoms with Gasteiger partial charge in [-0.05, 0) is 32.4 Å². The lowest BCUT2D eigenvalue weighted by atomic mass is 10.1. The summed E-state index contributed by atoms with van der Waals surface area (Å²) in [6.45, 7) is 6.12. The number of nitrogens with zero attached hydrogens (tertiary/aromatic N) is 1. The first-order chi connectivity index (χ1) is 9.52. The zero-order valence-corrected chi connectivity index (χ0v) is 12.5. The van der Waals surface area contributed by atoms with Gasteiger partial charge in [0.15, 0.2) is 0 Å². The van der Waals surface area contributed by atoms with Crippen molar-refractivity contribution >= 4 is 34.3 Å². The summed E-state index contributed by atoms with van der Waals surface area (Å²) < 4.78 is 6.57. The number of esters is 1. The second kappa shape index (κ2) is 5.67. The van der Waals surface area contributed by atoms with E-state index >= 15 is 0 Å². The van der Waals surface area contributed by atoms with Gasteiger partial charge in [-0.2, -0.15) is 0 Å². The molecule has 0 radical (unpaired) electrons. The molecule has 0 amide bonds. The summed E-state index contributed by atoms with van der Waals surface area (Å²) in [5, 5.41) is 1.45. The number of carbonyl (C=O) groups excluding carboxylic acids is 2. The molecule has 0 aliphatic carbocycles. The van der Waals surface area contributed by atoms with Crippen LogP contribution in [0.3, 0.4) is 0 Å². The number of para-hydroxylation sites is 1. The van der Waals surface area contributed by atoms with Crippen molar-refractivity contribution in [1.82, 2.24) is 4.57 Å². The van der Waals surface area contributed by atoms with Gasteiger partial charge in [0, 0.05) is 11.9 Å². The third-order valence-electron chi connectivity index (χ3n) is 3.28. The molecule has 20 heavy (non-hydrogen) atoms. The second-order valence-electron chi connectivity index (χ2n) is 4.40. The highest BCUT2D eigenvalue weighted by molar-refractivity contribution is 6.42. The van der Waals surface area contributed by atoms with Crippen LogP contribution in [0, 0.1) is 6.92 Å². The number of Topliss-reactive ketones (excluding diaryl/α,β-unsaturated/α-hetero) is 1. The molecule has 5 heteroatoms. The van der Waals surface area contributed by atoms with Gasteiger partial charge in [-0.3, -0.25) is 4.79 Å². The number of aryl methyl sites for hydroxylation is 2. The third kappa shape index (κ3) is 2.20. The third-order valence-corrected chi connectivity index (χ3v) is 3.58. The first-order valence-electron chi connectivity index (χ1n) is 6.51. The largest absolute Gasteiger partial charge is 0.460 e. The predicted octanol–water partition coefficient (Wildman–Crippen LogP) is 3.37. The lowest BCUT2D eigenvalue weighted by molar-refractivity contribution is -0.137. The van der Waals surface area contributed by atoms with Crippen LogP contribution in [0.2, 0.25) is 5.02 Å². The summed E-state index contributed by atoms with van der Waals surface area (Å²) in [6.07, 6.45) is 0. The Bertz CT molecular complexity index is 688. The Kier molecular flexibility index (Phi) is 4.14. The average Bonchev–Trinajstić information content (AvgIpc) is 2.72. The van der Waals surface area contributed by atoms with Gasteiger partial charge in [-0.15, -0.1) is 0 Å². The molecule has 106 valence electrons. The van der Waals surface area contributed by atoms with Gasteiger partial charge in [0.05, 0.1) is 17.1 Å². The fourth-order valence-corrected chi connectivity index (χ4v) is 2.71. The van der Waals surface area contributed by atoms with Crippen molar-refractivity contribution in [3.8, 4) is 0 Å². The molecule has 0 saturated carbocycles. The quantitative estimate of drug-likeness (QED) is 0.493. The van der Waals surface area contributed by atoms with Crippen molar-refractivity contribution in [2.75, 3.05) is 6.61 Å². The van der Waals surface area contributed by atoms with Gasteiger partial charge in [-0.1, -0.05) is 23.7 Å². The fraction of sp³-hybridized carbons (Fsp3) is 0.333. The fourth-order valence-electron chi connectivity index (χ4n) is 2.44. The zero-order valence-electron chi connectivity index (χ0n) is 11.7. The zero-order chi connectivity index (χ0) is 14.9. The molecule has 2 aromatic rings. The molecule has 0 spiro atoms. The number of ketones is 1. The normalized spacial score (nSPS) is 10.8. The van der Waals surface area contributed by atoms with E-state index in [9.17, 15) is 9.59 Å². The molecule has 0 N–H and O–H groups in total. The lowest BCUT2D eigenvalue weighted by Gasteiger charge is -2.08. The highest BCUT2D eigenvalue weighted by Gasteiger charge is 2.26. The molecule has 0 atom stereocenters. The van der Waals surface area contributed by atoms with E-state index in [0.717, 1.165) is 16.5 Å². The molecule has 4 nitrogen and oxygen atoms in total. The van der Waals surface area contributed by atoms with Gasteiger partial charge in [0.1, 0.15) is 5.69 Å². The number of ether oxygens (including phenoxy) is 1. The molecule has 0 fully saturated rings. The monoisotopic (exact) mass is 293 g/mol. The minimum Gasteiger partial charge on any atom is -0.460 e. The maximum Gasteiger partial charge on any atom is 0.381 e. The van der Waals surface area contributed by atoms with Gasteiger partial charge in [0.2, 0.25) is 0 Å². The van der Waals surface area contributed by atoms with Crippen LogP contribution in [0.15, 0.2) is 18.2 Å². The number of aromatic nitrogens is 1. The van der Waals surface area contributed by atoms with Crippen LogP contribution in [0.5, 0.6) is 0 Å². The summed E-state index contributed by atoms with van der Waals surface area (Å²) in [5.74, 6) is -1.46. The second-order valence-corrected chi connectivity index (χ2v) is 4.81. The minimum atomic E-state index is -0.829. The first-order valence-corrected chi connectivity index (χ1v) is 6.89. The Morgan fingerprint density at radius 3 is 2.60 bits per heavy atom. The van der Waals surface area contributed by atoms with Crippen molar-refractivity contribution in [2.45, 2.75) is 27.3 Å². The maximum atomic E-state index is 12.3. The topological polar surface area (TPSA) is 48.3 Å². The number of hydrogen-bond acceptors (Lipinski definition) is 3. The van der Waals surface area contributed by atoms with E-state index in [1.165, 1.54) is 0 Å². The van der Waals surface area contributed by atoms with Gasteiger partial charge in [0.25, 0.3) is 5.78 Å². The van der Waals surface area contributed by atoms with Crippen molar-refractivity contribution in [2.24, 2.45) is 0 Å². The van der Waals surface area contributed by atoms with Crippen LogP contribution in [-0.4, -0.2) is 22.9 Å². The van der Waals surface area contributed by atoms with Crippen molar-refractivity contribution in [1.29, 1.82) is 0 Å². The van der Waals surface area contributed by atoms with Crippen LogP contribution in [-0.2, 0) is 16.1 Å². The Hall–Kier alpha value is -1.81. The minimum absolute atomic E-state index is 0.177. The van der Waals surface area contributed by atoms with E-state index in [4.69, 9.17) is 16.3 Å². The van der Waals surface area contributed by atoms with E-state index in [2.05, 4.69) is 0 Å². The van der Waals surface area contributed by atoms with Gasteiger partial charge in [-0.25, -0.2) is 4.79 Å². The summed E-state index contributed by atoms with van der Waals surface area (Å²) in [7, 11) is 0. The molecule has 0 saturated heterocycles. The number of benzene rings is 1. The van der Waals surface area contributed by atoms with Crippen LogP contribution in [0.25, 0.3) is 10.9 Å². The molecule has 0 bridgehead atoms. The van der Waals surface area contributed by atoms with Gasteiger partial charge < -0.3 is 9.30 Å². The summed E-state index contributed by atoms with van der Waals surface area (Å²) >= 11 is 6.22. The summed E-state index contributed by atoms with van der Waals surface area (Å²) in [6, 6.07) is 5.50. The molecule has 1 heterocycles. The van der Waals surface area contributed by atoms with Crippen molar-refractivity contribution in [3.05, 3.63) is 34.5 Å². The highest BCUT2D eigenvalue weighted by Crippen LogP contribution is 2.31. The molecular weight excluding hydrogens is 278 g/mol. The van der Waals surface area contributed by atoms with Gasteiger partial charge >= 0.3 is 5.97 Å². The lowest BCUT2D eigenvalue weighted by Crippen LogP contribution is -2.21. The summed E-state index contributed by atoms with van der Waals surface area (Å²) in [5.41, 5.74) is 1.89. The standard InChI is InChI=1S/C15H16ClNO3/c1-4-17-12(14(18)15(19)20-5-2)9(3)10-7-6-8-11(16)13(10)17/h6-8H,4-5H2,1-3H3. The number of hydrogen-bond donors (Lipinski definition) is 0. The maximum absolute atomic E-state index is 12.3. The Morgan fingerprint density at radius 1 is 1.30 bits per heavy atom. The Morgan fingerprint density at radius 2 is 2.00 bits per heavy atom. The number of halogens is 1. The van der Waals surface area contributed by atoms with Crippen LogP contribution < -0.4 is 0 Å². The molecule has 2 rings (SSSR count). The van der Waals surface area contributed by atoms with E-state index < -0.39 is 11.8 Å². The van der Waals surface area contributed by atoms with Crippen molar-refractivity contribution in [3.63, 3.8) is 0 Å². The summed E-state index contributed by atoms with van der Waals surface area (Å²) in [4.78, 5) is 24.0. The molecule has 1 aromatic heterocycles. The number of rotatable bonds is 4. The predicted molar refractivity (Wildman–Crippen MR) is 78.3 cm³/mol. The molecule has 0 aliphatic rings. The molecule has 0 aliphatic heterocycles. The highest BCUT2D eigenvalue weighted by atomic mass is 35.5. The van der Waals surface area contributed by atoms with Crippen LogP contribution in [0.4, 0.5) is 0 Å². The first kappa shape index (κ1) is 14.6. The number of fused-ring (bicyclic) bond motifs is 1. The van der Waals surface area contributed by atoms with E-state index in [-0.39, 0.29) is 6.61 Å². The molecule has 1 aromatic carbocycles. The Labute approximate surface area is 122 Å². The average molecular weight is 294 g/mol. The molecule has 0 unspecified atom stereocenters. The van der Waals surface area contributed by atoms with E-state index in [1.54, 1.807) is 17.6 Å². The van der Waals surface area contributed by atoms with Crippen LogP contribution >= 0.6 is 11.6 Å². The smallest absolute Gasteiger partial charge is 0.381 e. The molecular formula is C15H16ClNO3. The van der Waals surface area contributed by atoms with Crippen molar-refractivity contribution < 1.29 is 14.3 Å². The SMILES string of the molecule is CCOC(=O)C(=O)c1c(C)c2cccc(Cl)c2n1CC. The number of carbonyl (C=O) groups is 2. The Balaban J connectivity index is 2.70.